The first-order valence-electron chi connectivity index (χ1n) is 5.56. The van der Waals surface area contributed by atoms with Gasteiger partial charge in [-0.05, 0) is 36.5 Å². The van der Waals surface area contributed by atoms with Crippen molar-refractivity contribution < 1.29 is 9.13 Å². The Balaban J connectivity index is 2.21. The maximum Gasteiger partial charge on any atom is 0.165 e. The molecule has 0 aromatic heterocycles. The largest absolute Gasteiger partial charge is 0.494 e. The molecule has 0 amide bonds. The third-order valence-corrected chi connectivity index (χ3v) is 3.34. The lowest BCUT2D eigenvalue weighted by molar-refractivity contribution is 0.231. The summed E-state index contributed by atoms with van der Waals surface area (Å²) in [5, 5.41) is 0. The van der Waals surface area contributed by atoms with Crippen LogP contribution in [0.15, 0.2) is 18.2 Å². The molecule has 88 valence electrons. The summed E-state index contributed by atoms with van der Waals surface area (Å²) in [5.74, 6) is 6.00. The Morgan fingerprint density at radius 3 is 2.69 bits per heavy atom. The maximum absolute atomic E-state index is 13.5. The zero-order chi connectivity index (χ0) is 11.5. The average molecular weight is 224 g/mol. The first kappa shape index (κ1) is 11.4. The molecule has 0 aliphatic heterocycles. The molecule has 0 saturated heterocycles. The Bertz CT molecular complexity index is 366. The van der Waals surface area contributed by atoms with E-state index >= 15 is 0 Å². The number of hydrogen-bond acceptors (Lipinski definition) is 3. The maximum atomic E-state index is 13.5. The molecule has 0 radical (unpaired) electrons. The molecule has 1 aliphatic rings. The van der Waals surface area contributed by atoms with E-state index in [1.807, 2.05) is 6.07 Å². The van der Waals surface area contributed by atoms with Crippen molar-refractivity contribution in [2.24, 2.45) is 11.8 Å². The molecule has 1 unspecified atom stereocenters. The smallest absolute Gasteiger partial charge is 0.165 e. The molecule has 1 fully saturated rings. The predicted octanol–water partition coefficient (Wildman–Crippen LogP) is 2.14. The highest BCUT2D eigenvalue weighted by Crippen LogP contribution is 2.37. The van der Waals surface area contributed by atoms with E-state index in [1.165, 1.54) is 19.6 Å². The SMILES string of the molecule is COc1ccc(C(NN)C2CCC2)cc1F. The molecule has 1 aromatic rings. The van der Waals surface area contributed by atoms with Crippen LogP contribution >= 0.6 is 0 Å². The Morgan fingerprint density at radius 2 is 2.25 bits per heavy atom. The van der Waals surface area contributed by atoms with Crippen molar-refractivity contribution in [1.29, 1.82) is 0 Å². The Labute approximate surface area is 94.8 Å². The number of ether oxygens (including phenoxy) is 1. The molecule has 0 bridgehead atoms. The van der Waals surface area contributed by atoms with E-state index in [4.69, 9.17) is 10.6 Å². The molecule has 2 rings (SSSR count). The van der Waals surface area contributed by atoms with Gasteiger partial charge in [-0.15, -0.1) is 0 Å². The number of hydrazine groups is 1. The van der Waals surface area contributed by atoms with E-state index in [0.717, 1.165) is 18.4 Å². The molecule has 1 aliphatic carbocycles. The van der Waals surface area contributed by atoms with Gasteiger partial charge in [0.2, 0.25) is 0 Å². The third-order valence-electron chi connectivity index (χ3n) is 3.34. The summed E-state index contributed by atoms with van der Waals surface area (Å²) >= 11 is 0. The van der Waals surface area contributed by atoms with Crippen molar-refractivity contribution >= 4 is 0 Å². The van der Waals surface area contributed by atoms with Gasteiger partial charge in [-0.2, -0.15) is 0 Å². The lowest BCUT2D eigenvalue weighted by Gasteiger charge is -2.33. The van der Waals surface area contributed by atoms with Gasteiger partial charge in [0.1, 0.15) is 0 Å². The first-order chi connectivity index (χ1) is 7.76. The Kier molecular flexibility index (Phi) is 3.41. The van der Waals surface area contributed by atoms with Crippen molar-refractivity contribution in [3.05, 3.63) is 29.6 Å². The Morgan fingerprint density at radius 1 is 1.50 bits per heavy atom. The van der Waals surface area contributed by atoms with Crippen LogP contribution in [0.5, 0.6) is 5.75 Å². The summed E-state index contributed by atoms with van der Waals surface area (Å²) in [7, 11) is 1.46. The molecular weight excluding hydrogens is 207 g/mol. The van der Waals surface area contributed by atoms with Crippen LogP contribution in [0.2, 0.25) is 0 Å². The number of rotatable bonds is 4. The van der Waals surface area contributed by atoms with Gasteiger partial charge in [0.25, 0.3) is 0 Å². The fraction of sp³-hybridized carbons (Fsp3) is 0.500. The molecule has 0 spiro atoms. The first-order valence-corrected chi connectivity index (χ1v) is 5.56. The normalized spacial score (nSPS) is 17.9. The van der Waals surface area contributed by atoms with Crippen molar-refractivity contribution in [1.82, 2.24) is 5.43 Å². The van der Waals surface area contributed by atoms with Crippen LogP contribution < -0.4 is 16.0 Å². The minimum absolute atomic E-state index is 0.0501. The number of nitrogens with one attached hydrogen (secondary N) is 1. The van der Waals surface area contributed by atoms with Gasteiger partial charge in [0.05, 0.1) is 7.11 Å². The molecule has 1 saturated carbocycles. The van der Waals surface area contributed by atoms with Gasteiger partial charge in [-0.25, -0.2) is 4.39 Å². The minimum Gasteiger partial charge on any atom is -0.494 e. The molecule has 3 N–H and O–H groups in total. The molecular formula is C12H17FN2O. The summed E-state index contributed by atoms with van der Waals surface area (Å²) < 4.78 is 18.4. The third kappa shape index (κ3) is 2.03. The van der Waals surface area contributed by atoms with E-state index in [0.29, 0.717) is 5.92 Å². The van der Waals surface area contributed by atoms with Gasteiger partial charge in [0, 0.05) is 6.04 Å². The van der Waals surface area contributed by atoms with E-state index in [1.54, 1.807) is 6.07 Å². The van der Waals surface area contributed by atoms with Crippen molar-refractivity contribution in [3.8, 4) is 5.75 Å². The summed E-state index contributed by atoms with van der Waals surface area (Å²) in [6.07, 6.45) is 3.55. The van der Waals surface area contributed by atoms with Crippen molar-refractivity contribution in [2.45, 2.75) is 25.3 Å². The molecule has 16 heavy (non-hydrogen) atoms. The number of methoxy groups -OCH3 is 1. The second-order valence-corrected chi connectivity index (χ2v) is 4.23. The lowest BCUT2D eigenvalue weighted by atomic mass is 9.77. The lowest BCUT2D eigenvalue weighted by Crippen LogP contribution is -2.36. The summed E-state index contributed by atoms with van der Waals surface area (Å²) in [4.78, 5) is 0. The van der Waals surface area contributed by atoms with Crippen LogP contribution in [0.25, 0.3) is 0 Å². The number of hydrogen-bond donors (Lipinski definition) is 2. The standard InChI is InChI=1S/C12H17FN2O/c1-16-11-6-5-9(7-10(11)13)12(15-14)8-3-2-4-8/h5-8,12,15H,2-4,14H2,1H3. The van der Waals surface area contributed by atoms with Gasteiger partial charge in [0.15, 0.2) is 11.6 Å². The van der Waals surface area contributed by atoms with Gasteiger partial charge in [-0.3, -0.25) is 11.3 Å². The van der Waals surface area contributed by atoms with E-state index in [2.05, 4.69) is 5.43 Å². The van der Waals surface area contributed by atoms with E-state index in [-0.39, 0.29) is 17.6 Å². The second-order valence-electron chi connectivity index (χ2n) is 4.23. The predicted molar refractivity (Wildman–Crippen MR) is 60.4 cm³/mol. The zero-order valence-corrected chi connectivity index (χ0v) is 9.37. The van der Waals surface area contributed by atoms with Crippen molar-refractivity contribution in [2.75, 3.05) is 7.11 Å². The summed E-state index contributed by atoms with van der Waals surface area (Å²) in [5.41, 5.74) is 3.67. The van der Waals surface area contributed by atoms with Gasteiger partial charge in [-0.1, -0.05) is 12.5 Å². The topological polar surface area (TPSA) is 47.3 Å². The highest BCUT2D eigenvalue weighted by atomic mass is 19.1. The van der Waals surface area contributed by atoms with E-state index in [9.17, 15) is 4.39 Å². The minimum atomic E-state index is -0.334. The van der Waals surface area contributed by atoms with Gasteiger partial charge >= 0.3 is 0 Å². The zero-order valence-electron chi connectivity index (χ0n) is 9.37. The highest BCUT2D eigenvalue weighted by Gasteiger charge is 2.28. The Hall–Kier alpha value is -1.13. The summed E-state index contributed by atoms with van der Waals surface area (Å²) in [6.45, 7) is 0. The molecule has 4 heteroatoms. The molecule has 1 atom stereocenters. The average Bonchev–Trinajstić information content (AvgIpc) is 2.23. The number of nitrogens with two attached hydrogens (primary N) is 1. The fourth-order valence-electron chi connectivity index (χ4n) is 2.15. The van der Waals surface area contributed by atoms with Crippen LogP contribution in [0.1, 0.15) is 30.9 Å². The number of benzene rings is 1. The molecule has 1 aromatic carbocycles. The van der Waals surface area contributed by atoms with Crippen LogP contribution in [-0.4, -0.2) is 7.11 Å². The summed E-state index contributed by atoms with van der Waals surface area (Å²) in [6, 6.07) is 5.06. The fourth-order valence-corrected chi connectivity index (χ4v) is 2.15. The van der Waals surface area contributed by atoms with Crippen LogP contribution in [0.4, 0.5) is 4.39 Å². The van der Waals surface area contributed by atoms with Crippen LogP contribution in [-0.2, 0) is 0 Å². The van der Waals surface area contributed by atoms with E-state index < -0.39 is 0 Å². The number of halogens is 1. The van der Waals surface area contributed by atoms with Crippen LogP contribution in [0, 0.1) is 11.7 Å². The molecule has 0 heterocycles. The van der Waals surface area contributed by atoms with Crippen molar-refractivity contribution in [3.63, 3.8) is 0 Å². The monoisotopic (exact) mass is 224 g/mol. The quantitative estimate of drug-likeness (QED) is 0.608. The molecule has 3 nitrogen and oxygen atoms in total. The van der Waals surface area contributed by atoms with Gasteiger partial charge < -0.3 is 4.74 Å². The van der Waals surface area contributed by atoms with Crippen LogP contribution in [0.3, 0.4) is 0 Å². The highest BCUT2D eigenvalue weighted by molar-refractivity contribution is 5.31. The second kappa shape index (κ2) is 4.80.